The van der Waals surface area contributed by atoms with Crippen molar-refractivity contribution in [1.29, 1.82) is 0 Å². The van der Waals surface area contributed by atoms with Crippen molar-refractivity contribution in [2.75, 3.05) is 6.54 Å². The van der Waals surface area contributed by atoms with E-state index in [1.54, 1.807) is 0 Å². The fraction of sp³-hybridized carbons (Fsp3) is 0.417. The van der Waals surface area contributed by atoms with Crippen LogP contribution in [0.1, 0.15) is 30.6 Å². The van der Waals surface area contributed by atoms with Crippen molar-refractivity contribution in [2.24, 2.45) is 5.92 Å². The van der Waals surface area contributed by atoms with E-state index < -0.39 is 25.7 Å². The molecule has 1 aromatic carbocycles. The Morgan fingerprint density at radius 1 is 1.50 bits per heavy atom. The predicted molar refractivity (Wildman–Crippen MR) is 78.9 cm³/mol. The fourth-order valence-corrected chi connectivity index (χ4v) is 3.48. The van der Waals surface area contributed by atoms with Crippen LogP contribution in [0.25, 0.3) is 0 Å². The molecule has 0 aliphatic rings. The molecule has 0 saturated carbocycles. The quantitative estimate of drug-likeness (QED) is 0.790. The number of carbonyl (C=O) groups excluding carboxylic acids is 1. The van der Waals surface area contributed by atoms with Crippen LogP contribution in [0.15, 0.2) is 21.5 Å². The molecule has 4 nitrogen and oxygen atoms in total. The van der Waals surface area contributed by atoms with Gasteiger partial charge in [-0.3, -0.25) is 4.79 Å². The Morgan fingerprint density at radius 2 is 2.10 bits per heavy atom. The van der Waals surface area contributed by atoms with Crippen LogP contribution in [0.3, 0.4) is 0 Å². The first-order valence-electron chi connectivity index (χ1n) is 5.88. The third kappa shape index (κ3) is 4.43. The molecule has 0 heterocycles. The molecule has 1 atom stereocenters. The van der Waals surface area contributed by atoms with Gasteiger partial charge in [0.05, 0.1) is 4.47 Å². The average Bonchev–Trinajstić information content (AvgIpc) is 2.36. The molecular formula is C12H14BrClFNO3S. The third-order valence-corrected chi connectivity index (χ3v) is 5.24. The second-order valence-corrected chi connectivity index (χ2v) is 7.76. The van der Waals surface area contributed by atoms with Gasteiger partial charge in [0, 0.05) is 22.8 Å². The minimum absolute atomic E-state index is 0.0896. The summed E-state index contributed by atoms with van der Waals surface area (Å²) in [6, 6.07) is 2.00. The van der Waals surface area contributed by atoms with Gasteiger partial charge in [-0.05, 0) is 34.0 Å². The van der Waals surface area contributed by atoms with Crippen molar-refractivity contribution >= 4 is 41.6 Å². The Morgan fingerprint density at radius 3 is 2.60 bits per heavy atom. The lowest BCUT2D eigenvalue weighted by Crippen LogP contribution is -2.28. The molecule has 112 valence electrons. The van der Waals surface area contributed by atoms with Gasteiger partial charge in [-0.25, -0.2) is 12.8 Å². The molecule has 8 heteroatoms. The Hall–Kier alpha value is -0.660. The largest absolute Gasteiger partial charge is 0.352 e. The number of amides is 1. The Labute approximate surface area is 130 Å². The normalized spacial score (nSPS) is 13.1. The van der Waals surface area contributed by atoms with E-state index in [1.165, 1.54) is 0 Å². The number of halogens is 3. The predicted octanol–water partition coefficient (Wildman–Crippen LogP) is 3.29. The van der Waals surface area contributed by atoms with Crippen LogP contribution in [0.4, 0.5) is 4.39 Å². The zero-order valence-corrected chi connectivity index (χ0v) is 14.1. The van der Waals surface area contributed by atoms with Gasteiger partial charge in [-0.2, -0.15) is 0 Å². The molecule has 0 radical (unpaired) electrons. The minimum atomic E-state index is -4.14. The van der Waals surface area contributed by atoms with Crippen molar-refractivity contribution in [1.82, 2.24) is 5.32 Å². The van der Waals surface area contributed by atoms with E-state index in [0.717, 1.165) is 18.6 Å². The highest BCUT2D eigenvalue weighted by Gasteiger charge is 2.21. The summed E-state index contributed by atoms with van der Waals surface area (Å²) in [5, 5.41) is 2.62. The number of hydrogen-bond donors (Lipinski definition) is 1. The van der Waals surface area contributed by atoms with Crippen LogP contribution < -0.4 is 5.32 Å². The monoisotopic (exact) mass is 385 g/mol. The number of carbonyl (C=O) groups is 1. The molecule has 0 aliphatic carbocycles. The number of benzene rings is 1. The van der Waals surface area contributed by atoms with E-state index >= 15 is 0 Å². The summed E-state index contributed by atoms with van der Waals surface area (Å²) in [6.07, 6.45) is 0.885. The van der Waals surface area contributed by atoms with Crippen LogP contribution in [0, 0.1) is 11.7 Å². The van der Waals surface area contributed by atoms with E-state index in [-0.39, 0.29) is 16.0 Å². The molecule has 1 amide bonds. The van der Waals surface area contributed by atoms with Gasteiger partial charge in [0.2, 0.25) is 0 Å². The van der Waals surface area contributed by atoms with Crippen LogP contribution in [-0.4, -0.2) is 20.9 Å². The first kappa shape index (κ1) is 17.4. The maximum Gasteiger partial charge on any atom is 0.262 e. The zero-order valence-electron chi connectivity index (χ0n) is 10.9. The summed E-state index contributed by atoms with van der Waals surface area (Å²) in [6.45, 7) is 4.36. The highest BCUT2D eigenvalue weighted by Crippen LogP contribution is 2.29. The van der Waals surface area contributed by atoms with Gasteiger partial charge in [0.25, 0.3) is 15.0 Å². The van der Waals surface area contributed by atoms with Crippen LogP contribution in [-0.2, 0) is 9.05 Å². The third-order valence-electron chi connectivity index (χ3n) is 2.83. The van der Waals surface area contributed by atoms with Crippen molar-refractivity contribution in [2.45, 2.75) is 25.2 Å². The minimum Gasteiger partial charge on any atom is -0.352 e. The van der Waals surface area contributed by atoms with Crippen LogP contribution in [0.2, 0.25) is 0 Å². The highest BCUT2D eigenvalue weighted by molar-refractivity contribution is 9.10. The lowest BCUT2D eigenvalue weighted by atomic mass is 10.1. The molecule has 1 aromatic rings. The lowest BCUT2D eigenvalue weighted by Gasteiger charge is -2.11. The number of rotatable bonds is 5. The van der Waals surface area contributed by atoms with Gasteiger partial charge in [0.15, 0.2) is 0 Å². The molecule has 0 saturated heterocycles. The summed E-state index contributed by atoms with van der Waals surface area (Å²) >= 11 is 2.80. The molecule has 0 aromatic heterocycles. The molecule has 20 heavy (non-hydrogen) atoms. The van der Waals surface area contributed by atoms with E-state index in [9.17, 15) is 17.6 Å². The summed E-state index contributed by atoms with van der Waals surface area (Å²) in [4.78, 5) is 11.4. The number of nitrogens with one attached hydrogen (secondary N) is 1. The topological polar surface area (TPSA) is 63.2 Å². The maximum absolute atomic E-state index is 13.6. The molecule has 0 spiro atoms. The van der Waals surface area contributed by atoms with Gasteiger partial charge >= 0.3 is 0 Å². The second kappa shape index (κ2) is 6.87. The average molecular weight is 387 g/mol. The molecular weight excluding hydrogens is 373 g/mol. The van der Waals surface area contributed by atoms with Crippen LogP contribution >= 0.6 is 26.6 Å². The Kier molecular flexibility index (Phi) is 5.97. The van der Waals surface area contributed by atoms with Crippen molar-refractivity contribution in [3.05, 3.63) is 28.0 Å². The first-order valence-corrected chi connectivity index (χ1v) is 8.99. The van der Waals surface area contributed by atoms with Crippen molar-refractivity contribution in [3.8, 4) is 0 Å². The van der Waals surface area contributed by atoms with Crippen molar-refractivity contribution in [3.63, 3.8) is 0 Å². The zero-order chi connectivity index (χ0) is 15.5. The summed E-state index contributed by atoms with van der Waals surface area (Å²) in [5.41, 5.74) is -0.0896. The molecule has 1 unspecified atom stereocenters. The molecule has 1 rings (SSSR count). The van der Waals surface area contributed by atoms with Crippen molar-refractivity contribution < 1.29 is 17.6 Å². The molecule has 0 fully saturated rings. The molecule has 1 N–H and O–H groups in total. The SMILES string of the molecule is CCC(C)CNC(=O)c1cc(F)c(Br)c(S(=O)(=O)Cl)c1. The molecule has 0 aliphatic heterocycles. The summed E-state index contributed by atoms with van der Waals surface area (Å²) in [5.74, 6) is -1.13. The second-order valence-electron chi connectivity index (χ2n) is 4.43. The van der Waals surface area contributed by atoms with Crippen LogP contribution in [0.5, 0.6) is 0 Å². The standard InChI is InChI=1S/C12H14BrClFNO3S/c1-3-7(2)6-16-12(17)8-4-9(15)11(13)10(5-8)20(14,18)19/h4-5,7H,3,6H2,1-2H3,(H,16,17). The number of hydrogen-bond acceptors (Lipinski definition) is 3. The summed E-state index contributed by atoms with van der Waals surface area (Å²) < 4.78 is 36.0. The Balaban J connectivity index is 3.09. The van der Waals surface area contributed by atoms with Gasteiger partial charge in [0.1, 0.15) is 10.7 Å². The van der Waals surface area contributed by atoms with E-state index in [1.807, 2.05) is 13.8 Å². The van der Waals surface area contributed by atoms with E-state index in [4.69, 9.17) is 10.7 Å². The van der Waals surface area contributed by atoms with Gasteiger partial charge in [-0.15, -0.1) is 0 Å². The smallest absolute Gasteiger partial charge is 0.262 e. The molecule has 0 bridgehead atoms. The first-order chi connectivity index (χ1) is 9.16. The Bertz CT molecular complexity index is 621. The van der Waals surface area contributed by atoms with E-state index in [0.29, 0.717) is 6.54 Å². The van der Waals surface area contributed by atoms with E-state index in [2.05, 4.69) is 21.2 Å². The van der Waals surface area contributed by atoms with Gasteiger partial charge < -0.3 is 5.32 Å². The van der Waals surface area contributed by atoms with Gasteiger partial charge in [-0.1, -0.05) is 20.3 Å². The summed E-state index contributed by atoms with van der Waals surface area (Å²) in [7, 11) is 1.06. The fourth-order valence-electron chi connectivity index (χ4n) is 1.39. The lowest BCUT2D eigenvalue weighted by molar-refractivity contribution is 0.0947. The maximum atomic E-state index is 13.6. The highest BCUT2D eigenvalue weighted by atomic mass is 79.9.